The van der Waals surface area contributed by atoms with Crippen molar-refractivity contribution in [3.05, 3.63) is 0 Å². The Labute approximate surface area is 86.4 Å². The summed E-state index contributed by atoms with van der Waals surface area (Å²) in [7, 11) is 0. The Morgan fingerprint density at radius 3 is 2.93 bits per heavy atom. The van der Waals surface area contributed by atoms with E-state index in [1.165, 1.54) is 19.3 Å². The third kappa shape index (κ3) is 2.10. The van der Waals surface area contributed by atoms with Gasteiger partial charge in [0.05, 0.1) is 0 Å². The van der Waals surface area contributed by atoms with E-state index in [1.54, 1.807) is 0 Å². The van der Waals surface area contributed by atoms with Gasteiger partial charge < -0.3 is 10.1 Å². The SMILES string of the molecule is CC#CCCNC1CC12CCOCC2. The Bertz CT molecular complexity index is 245. The van der Waals surface area contributed by atoms with Crippen LogP contribution in [-0.2, 0) is 4.74 Å². The maximum absolute atomic E-state index is 5.39. The maximum atomic E-state index is 5.39. The van der Waals surface area contributed by atoms with Gasteiger partial charge in [-0.1, -0.05) is 0 Å². The van der Waals surface area contributed by atoms with Crippen molar-refractivity contribution in [3.63, 3.8) is 0 Å². The highest BCUT2D eigenvalue weighted by Gasteiger charge is 2.53. The summed E-state index contributed by atoms with van der Waals surface area (Å²) in [5, 5.41) is 3.59. The van der Waals surface area contributed by atoms with Gasteiger partial charge in [-0.3, -0.25) is 0 Å². The normalized spacial score (nSPS) is 28.2. The van der Waals surface area contributed by atoms with Crippen molar-refractivity contribution >= 4 is 0 Å². The van der Waals surface area contributed by atoms with Crippen LogP contribution in [0.2, 0.25) is 0 Å². The summed E-state index contributed by atoms with van der Waals surface area (Å²) in [5.74, 6) is 6.01. The van der Waals surface area contributed by atoms with Crippen molar-refractivity contribution in [2.75, 3.05) is 19.8 Å². The third-order valence-electron chi connectivity index (χ3n) is 3.50. The zero-order valence-electron chi connectivity index (χ0n) is 8.94. The molecular weight excluding hydrogens is 174 g/mol. The molecule has 0 amide bonds. The minimum atomic E-state index is 0.609. The standard InChI is InChI=1S/C12H19NO/c1-2-3-4-7-13-11-10-12(11)5-8-14-9-6-12/h11,13H,4-10H2,1H3. The van der Waals surface area contributed by atoms with Crippen molar-refractivity contribution in [2.45, 2.75) is 38.6 Å². The van der Waals surface area contributed by atoms with E-state index in [0.717, 1.165) is 32.2 Å². The van der Waals surface area contributed by atoms with Gasteiger partial charge in [-0.2, -0.15) is 0 Å². The van der Waals surface area contributed by atoms with Crippen LogP contribution in [0.5, 0.6) is 0 Å². The van der Waals surface area contributed by atoms with Crippen molar-refractivity contribution in [3.8, 4) is 11.8 Å². The summed E-state index contributed by atoms with van der Waals surface area (Å²) in [4.78, 5) is 0. The van der Waals surface area contributed by atoms with Gasteiger partial charge in [-0.25, -0.2) is 0 Å². The summed E-state index contributed by atoms with van der Waals surface area (Å²) < 4.78 is 5.39. The Balaban J connectivity index is 1.66. The fourth-order valence-corrected chi connectivity index (χ4v) is 2.40. The number of rotatable bonds is 3. The smallest absolute Gasteiger partial charge is 0.0471 e. The van der Waals surface area contributed by atoms with Crippen molar-refractivity contribution in [1.82, 2.24) is 5.32 Å². The molecule has 0 bridgehead atoms. The molecule has 14 heavy (non-hydrogen) atoms. The second-order valence-corrected chi connectivity index (χ2v) is 4.36. The van der Waals surface area contributed by atoms with E-state index in [9.17, 15) is 0 Å². The first-order valence-electron chi connectivity index (χ1n) is 5.58. The van der Waals surface area contributed by atoms with Crippen LogP contribution >= 0.6 is 0 Å². The summed E-state index contributed by atoms with van der Waals surface area (Å²) in [6.45, 7) is 4.88. The molecule has 1 saturated heterocycles. The van der Waals surface area contributed by atoms with E-state index in [-0.39, 0.29) is 0 Å². The lowest BCUT2D eigenvalue weighted by Crippen LogP contribution is -2.28. The lowest BCUT2D eigenvalue weighted by Gasteiger charge is -2.22. The molecule has 0 aromatic rings. The first kappa shape index (κ1) is 10.0. The predicted octanol–water partition coefficient (Wildman–Crippen LogP) is 1.56. The molecule has 1 heterocycles. The molecule has 0 aromatic carbocycles. The van der Waals surface area contributed by atoms with E-state index in [4.69, 9.17) is 4.74 Å². The second kappa shape index (κ2) is 4.33. The lowest BCUT2D eigenvalue weighted by atomic mass is 9.96. The lowest BCUT2D eigenvalue weighted by molar-refractivity contribution is 0.0544. The molecule has 2 aliphatic rings. The van der Waals surface area contributed by atoms with E-state index in [0.29, 0.717) is 5.41 Å². The van der Waals surface area contributed by atoms with Crippen LogP contribution in [0, 0.1) is 17.3 Å². The number of nitrogens with one attached hydrogen (secondary N) is 1. The molecule has 2 fully saturated rings. The van der Waals surface area contributed by atoms with Crippen LogP contribution in [0.25, 0.3) is 0 Å². The minimum absolute atomic E-state index is 0.609. The monoisotopic (exact) mass is 193 g/mol. The molecule has 1 atom stereocenters. The first-order valence-corrected chi connectivity index (χ1v) is 5.58. The molecule has 1 saturated carbocycles. The summed E-state index contributed by atoms with van der Waals surface area (Å²) in [5.41, 5.74) is 0.609. The molecule has 1 aliphatic carbocycles. The highest BCUT2D eigenvalue weighted by Crippen LogP contribution is 2.53. The fourth-order valence-electron chi connectivity index (χ4n) is 2.40. The van der Waals surface area contributed by atoms with Gasteiger partial charge in [-0.05, 0) is 31.6 Å². The van der Waals surface area contributed by atoms with Gasteiger partial charge in [0.15, 0.2) is 0 Å². The van der Waals surface area contributed by atoms with Crippen LogP contribution in [0.4, 0.5) is 0 Å². The molecule has 1 N–H and O–H groups in total. The van der Waals surface area contributed by atoms with Crippen LogP contribution in [0.15, 0.2) is 0 Å². The van der Waals surface area contributed by atoms with E-state index >= 15 is 0 Å². The molecule has 1 aliphatic heterocycles. The predicted molar refractivity (Wildman–Crippen MR) is 57.0 cm³/mol. The molecular formula is C12H19NO. The Morgan fingerprint density at radius 2 is 2.21 bits per heavy atom. The van der Waals surface area contributed by atoms with Crippen LogP contribution in [0.1, 0.15) is 32.6 Å². The van der Waals surface area contributed by atoms with Gasteiger partial charge in [0.2, 0.25) is 0 Å². The van der Waals surface area contributed by atoms with Crippen molar-refractivity contribution < 1.29 is 4.74 Å². The summed E-state index contributed by atoms with van der Waals surface area (Å²) in [6.07, 6.45) is 4.85. The van der Waals surface area contributed by atoms with Gasteiger partial charge >= 0.3 is 0 Å². The molecule has 1 unspecified atom stereocenters. The average Bonchev–Trinajstić information content (AvgIpc) is 2.87. The molecule has 1 spiro atoms. The number of hydrogen-bond acceptors (Lipinski definition) is 2. The number of ether oxygens (including phenoxy) is 1. The zero-order valence-corrected chi connectivity index (χ0v) is 8.94. The van der Waals surface area contributed by atoms with Gasteiger partial charge in [0, 0.05) is 32.2 Å². The second-order valence-electron chi connectivity index (χ2n) is 4.36. The van der Waals surface area contributed by atoms with Crippen LogP contribution < -0.4 is 5.32 Å². The average molecular weight is 193 g/mol. The van der Waals surface area contributed by atoms with Crippen LogP contribution in [-0.4, -0.2) is 25.8 Å². The summed E-state index contributed by atoms with van der Waals surface area (Å²) >= 11 is 0. The van der Waals surface area contributed by atoms with Crippen LogP contribution in [0.3, 0.4) is 0 Å². The molecule has 2 rings (SSSR count). The van der Waals surface area contributed by atoms with Crippen molar-refractivity contribution in [1.29, 1.82) is 0 Å². The Kier molecular flexibility index (Phi) is 3.10. The highest BCUT2D eigenvalue weighted by molar-refractivity contribution is 5.08. The Morgan fingerprint density at radius 1 is 1.43 bits per heavy atom. The molecule has 0 aromatic heterocycles. The Hall–Kier alpha value is -0.520. The first-order chi connectivity index (χ1) is 6.87. The van der Waals surface area contributed by atoms with Gasteiger partial charge in [0.1, 0.15) is 0 Å². The number of hydrogen-bond donors (Lipinski definition) is 1. The summed E-state index contributed by atoms with van der Waals surface area (Å²) in [6, 6.07) is 0.755. The highest BCUT2D eigenvalue weighted by atomic mass is 16.5. The minimum Gasteiger partial charge on any atom is -0.381 e. The molecule has 0 radical (unpaired) electrons. The third-order valence-corrected chi connectivity index (χ3v) is 3.50. The fraction of sp³-hybridized carbons (Fsp3) is 0.833. The van der Waals surface area contributed by atoms with E-state index < -0.39 is 0 Å². The maximum Gasteiger partial charge on any atom is 0.0471 e. The van der Waals surface area contributed by atoms with Gasteiger partial charge in [0.25, 0.3) is 0 Å². The largest absolute Gasteiger partial charge is 0.381 e. The quantitative estimate of drug-likeness (QED) is 0.542. The molecule has 2 nitrogen and oxygen atoms in total. The van der Waals surface area contributed by atoms with Crippen molar-refractivity contribution in [2.24, 2.45) is 5.41 Å². The topological polar surface area (TPSA) is 21.3 Å². The zero-order chi connectivity index (χ0) is 9.86. The van der Waals surface area contributed by atoms with E-state index in [2.05, 4.69) is 17.2 Å². The molecule has 78 valence electrons. The molecule has 2 heteroatoms. The van der Waals surface area contributed by atoms with Gasteiger partial charge in [-0.15, -0.1) is 11.8 Å². The van der Waals surface area contributed by atoms with E-state index in [1.807, 2.05) is 6.92 Å².